The predicted octanol–water partition coefficient (Wildman–Crippen LogP) is 8.91. The zero-order valence-electron chi connectivity index (χ0n) is 21.3. The third-order valence-corrected chi connectivity index (χ3v) is 8.91. The first kappa shape index (κ1) is 26.8. The molecule has 2 aromatic rings. The average molecular weight is 537 g/mol. The first-order valence-corrected chi connectivity index (χ1v) is 14.0. The number of hydrogen-bond donors (Lipinski definition) is 0. The minimum Gasteiger partial charge on any atom is -0.432 e. The molecule has 2 saturated carbocycles. The van der Waals surface area contributed by atoms with Crippen molar-refractivity contribution < 1.29 is 27.4 Å². The summed E-state index contributed by atoms with van der Waals surface area (Å²) in [4.78, 5) is 0. The number of rotatable bonds is 6. The van der Waals surface area contributed by atoms with Crippen molar-refractivity contribution in [2.24, 2.45) is 23.7 Å². The molecule has 0 spiro atoms. The zero-order valence-corrected chi connectivity index (χ0v) is 22.1. The van der Waals surface area contributed by atoms with Gasteiger partial charge in [-0.05, 0) is 92.2 Å². The Morgan fingerprint density at radius 2 is 1.49 bits per heavy atom. The first-order valence-electron chi connectivity index (χ1n) is 13.6. The van der Waals surface area contributed by atoms with Crippen LogP contribution in [0.2, 0.25) is 5.02 Å². The highest BCUT2D eigenvalue weighted by Crippen LogP contribution is 2.44. The number of hydrogen-bond acceptors (Lipinski definition) is 3. The van der Waals surface area contributed by atoms with Crippen molar-refractivity contribution >= 4 is 11.6 Å². The number of alkyl halides is 2. The largest absolute Gasteiger partial charge is 0.432 e. The van der Waals surface area contributed by atoms with E-state index in [9.17, 15) is 8.78 Å². The van der Waals surface area contributed by atoms with Gasteiger partial charge in [0.05, 0.1) is 19.1 Å². The Bertz CT molecular complexity index is 1020. The highest BCUT2D eigenvalue weighted by atomic mass is 35.5. The molecule has 3 fully saturated rings. The highest BCUT2D eigenvalue weighted by Gasteiger charge is 2.44. The predicted molar refractivity (Wildman–Crippen MR) is 137 cm³/mol. The summed E-state index contributed by atoms with van der Waals surface area (Å²) in [6, 6.07) is 11.1. The SMILES string of the molecule is CC1CCC(C2COC(c3ccc(C4CCC(C(F)(F)Oc5ccc(Cl)cc5)CC4)c(F)c3)OC2)CC1. The fourth-order valence-electron chi connectivity index (χ4n) is 6.24. The summed E-state index contributed by atoms with van der Waals surface area (Å²) in [6.45, 7) is 3.60. The van der Waals surface area contributed by atoms with Crippen molar-refractivity contribution in [3.05, 3.63) is 64.4 Å². The minimum absolute atomic E-state index is 0.0879. The quantitative estimate of drug-likeness (QED) is 0.369. The third kappa shape index (κ3) is 6.46. The topological polar surface area (TPSA) is 27.7 Å². The molecule has 0 unspecified atom stereocenters. The van der Waals surface area contributed by atoms with Gasteiger partial charge >= 0.3 is 6.11 Å². The first-order chi connectivity index (χ1) is 17.8. The lowest BCUT2D eigenvalue weighted by Gasteiger charge is -2.37. The molecular formula is C30H36ClF3O3. The normalized spacial score (nSPS) is 31.2. The van der Waals surface area contributed by atoms with Gasteiger partial charge < -0.3 is 14.2 Å². The van der Waals surface area contributed by atoms with E-state index >= 15 is 4.39 Å². The summed E-state index contributed by atoms with van der Waals surface area (Å²) in [5.41, 5.74) is 1.25. The summed E-state index contributed by atoms with van der Waals surface area (Å²) >= 11 is 5.82. The van der Waals surface area contributed by atoms with Crippen molar-refractivity contribution in [2.45, 2.75) is 76.6 Å². The van der Waals surface area contributed by atoms with Crippen LogP contribution in [0.5, 0.6) is 5.75 Å². The van der Waals surface area contributed by atoms with Crippen LogP contribution in [0.1, 0.15) is 81.6 Å². The Morgan fingerprint density at radius 3 is 2.11 bits per heavy atom. The van der Waals surface area contributed by atoms with Gasteiger partial charge in [-0.3, -0.25) is 0 Å². The molecule has 0 amide bonds. The Kier molecular flexibility index (Phi) is 8.37. The second-order valence-corrected chi connectivity index (χ2v) is 11.7. The lowest BCUT2D eigenvalue weighted by Crippen LogP contribution is -2.37. The zero-order chi connectivity index (χ0) is 26.0. The molecule has 0 N–H and O–H groups in total. The van der Waals surface area contributed by atoms with Gasteiger partial charge in [0.25, 0.3) is 0 Å². The summed E-state index contributed by atoms with van der Waals surface area (Å²) in [5, 5.41) is 0.462. The summed E-state index contributed by atoms with van der Waals surface area (Å²) in [5.74, 6) is 0.630. The van der Waals surface area contributed by atoms with E-state index in [1.807, 2.05) is 6.07 Å². The van der Waals surface area contributed by atoms with Gasteiger partial charge in [0.15, 0.2) is 6.29 Å². The Hall–Kier alpha value is -1.76. The molecule has 1 heterocycles. The van der Waals surface area contributed by atoms with Crippen molar-refractivity contribution in [1.29, 1.82) is 0 Å². The van der Waals surface area contributed by atoms with E-state index in [1.54, 1.807) is 6.07 Å². The molecule has 0 bridgehead atoms. The van der Waals surface area contributed by atoms with Crippen LogP contribution in [0.15, 0.2) is 42.5 Å². The minimum atomic E-state index is -3.29. The third-order valence-electron chi connectivity index (χ3n) is 8.66. The molecule has 2 aliphatic carbocycles. The Balaban J connectivity index is 1.13. The van der Waals surface area contributed by atoms with Gasteiger partial charge in [-0.15, -0.1) is 0 Å². The molecule has 5 rings (SSSR count). The fourth-order valence-corrected chi connectivity index (χ4v) is 6.37. The molecule has 7 heteroatoms. The molecule has 3 aliphatic rings. The van der Waals surface area contributed by atoms with Crippen LogP contribution in [-0.4, -0.2) is 19.3 Å². The van der Waals surface area contributed by atoms with Crippen molar-refractivity contribution in [3.8, 4) is 5.75 Å². The summed E-state index contributed by atoms with van der Waals surface area (Å²) in [7, 11) is 0. The van der Waals surface area contributed by atoms with Gasteiger partial charge in [-0.25, -0.2) is 4.39 Å². The Labute approximate surface area is 222 Å². The van der Waals surface area contributed by atoms with E-state index in [0.717, 1.165) is 5.92 Å². The molecule has 37 heavy (non-hydrogen) atoms. The number of ether oxygens (including phenoxy) is 3. The molecular weight excluding hydrogens is 501 g/mol. The van der Waals surface area contributed by atoms with E-state index in [1.165, 1.54) is 56.0 Å². The maximum atomic E-state index is 15.2. The van der Waals surface area contributed by atoms with Gasteiger partial charge in [-0.1, -0.05) is 43.5 Å². The monoisotopic (exact) mass is 536 g/mol. The molecule has 3 nitrogen and oxygen atoms in total. The van der Waals surface area contributed by atoms with Crippen molar-refractivity contribution in [1.82, 2.24) is 0 Å². The van der Waals surface area contributed by atoms with Crippen LogP contribution in [0, 0.1) is 29.5 Å². The molecule has 0 atom stereocenters. The van der Waals surface area contributed by atoms with Crippen LogP contribution in [0.25, 0.3) is 0 Å². The van der Waals surface area contributed by atoms with Crippen LogP contribution >= 0.6 is 11.6 Å². The molecule has 2 aromatic carbocycles. The van der Waals surface area contributed by atoms with E-state index in [2.05, 4.69) is 6.92 Å². The lowest BCUT2D eigenvalue weighted by molar-refractivity contribution is -0.222. The molecule has 0 aromatic heterocycles. The van der Waals surface area contributed by atoms with Crippen LogP contribution < -0.4 is 4.74 Å². The number of halogens is 4. The molecule has 1 saturated heterocycles. The van der Waals surface area contributed by atoms with E-state index in [0.29, 0.717) is 54.0 Å². The fraction of sp³-hybridized carbons (Fsp3) is 0.600. The van der Waals surface area contributed by atoms with E-state index in [4.69, 9.17) is 25.8 Å². The smallest absolute Gasteiger partial charge is 0.400 e. The van der Waals surface area contributed by atoms with Gasteiger partial charge in [0, 0.05) is 16.5 Å². The summed E-state index contributed by atoms with van der Waals surface area (Å²) < 4.78 is 61.7. The maximum Gasteiger partial charge on any atom is 0.400 e. The molecule has 202 valence electrons. The number of benzene rings is 2. The van der Waals surface area contributed by atoms with Crippen molar-refractivity contribution in [2.75, 3.05) is 13.2 Å². The van der Waals surface area contributed by atoms with Crippen molar-refractivity contribution in [3.63, 3.8) is 0 Å². The second kappa shape index (κ2) is 11.5. The highest BCUT2D eigenvalue weighted by molar-refractivity contribution is 6.30. The maximum absolute atomic E-state index is 15.2. The second-order valence-electron chi connectivity index (χ2n) is 11.2. The van der Waals surface area contributed by atoms with E-state index in [-0.39, 0.29) is 30.3 Å². The standard InChI is InChI=1S/C30H36ClF3O3/c1-19-2-4-20(5-3-19)23-17-35-29(36-18-23)22-8-15-27(28(32)16-22)21-6-9-24(10-7-21)30(33,34)37-26-13-11-25(31)12-14-26/h8,11-16,19-21,23-24,29H,2-7,9-10,17-18H2,1H3. The van der Waals surface area contributed by atoms with Crippen LogP contribution in [0.3, 0.4) is 0 Å². The molecule has 0 radical (unpaired) electrons. The molecule has 1 aliphatic heterocycles. The van der Waals surface area contributed by atoms with E-state index < -0.39 is 18.3 Å². The average Bonchev–Trinajstić information content (AvgIpc) is 2.90. The Morgan fingerprint density at radius 1 is 0.838 bits per heavy atom. The lowest BCUT2D eigenvalue weighted by atomic mass is 9.76. The van der Waals surface area contributed by atoms with Gasteiger partial charge in [-0.2, -0.15) is 8.78 Å². The van der Waals surface area contributed by atoms with Crippen LogP contribution in [0.4, 0.5) is 13.2 Å². The van der Waals surface area contributed by atoms with Crippen LogP contribution in [-0.2, 0) is 9.47 Å². The van der Waals surface area contributed by atoms with Gasteiger partial charge in [0.1, 0.15) is 11.6 Å². The summed E-state index contributed by atoms with van der Waals surface area (Å²) in [6.07, 6.45) is 2.66. The van der Waals surface area contributed by atoms with Gasteiger partial charge in [0.2, 0.25) is 0 Å².